The molecule has 0 atom stereocenters. The molecule has 44 heavy (non-hydrogen) atoms. The van der Waals surface area contributed by atoms with Crippen LogP contribution in [0.1, 0.15) is 0 Å². The number of hydrogen-bond donors (Lipinski definition) is 0. The molecule has 0 N–H and O–H groups in total. The lowest BCUT2D eigenvalue weighted by Crippen LogP contribution is -1.96. The van der Waals surface area contributed by atoms with Gasteiger partial charge in [0, 0.05) is 41.9 Å². The molecule has 10 aromatic rings. The van der Waals surface area contributed by atoms with E-state index in [0.717, 1.165) is 0 Å². The molecule has 204 valence electrons. The van der Waals surface area contributed by atoms with Gasteiger partial charge < -0.3 is 4.40 Å². The molecule has 10 rings (SSSR count). The number of benzene rings is 7. The third-order valence-electron chi connectivity index (χ3n) is 9.33. The predicted molar refractivity (Wildman–Crippen MR) is 191 cm³/mol. The van der Waals surface area contributed by atoms with Crippen molar-refractivity contribution in [2.75, 3.05) is 0 Å². The van der Waals surface area contributed by atoms with Gasteiger partial charge in [-0.3, -0.25) is 0 Å². The number of thiophene rings is 1. The van der Waals surface area contributed by atoms with E-state index in [1.165, 1.54) is 91.3 Å². The van der Waals surface area contributed by atoms with Crippen LogP contribution in [0.25, 0.3) is 91.3 Å². The van der Waals surface area contributed by atoms with Crippen molar-refractivity contribution in [2.45, 2.75) is 0 Å². The smallest absolute Gasteiger partial charge is 0.0626 e. The summed E-state index contributed by atoms with van der Waals surface area (Å²) in [5.74, 6) is 0. The van der Waals surface area contributed by atoms with E-state index < -0.39 is 0 Å². The third kappa shape index (κ3) is 3.23. The minimum atomic E-state index is 1.21. The summed E-state index contributed by atoms with van der Waals surface area (Å²) in [6.45, 7) is 0. The Morgan fingerprint density at radius 1 is 0.386 bits per heavy atom. The van der Waals surface area contributed by atoms with Crippen LogP contribution in [0.4, 0.5) is 0 Å². The van der Waals surface area contributed by atoms with Gasteiger partial charge in [0.1, 0.15) is 0 Å². The molecule has 0 amide bonds. The van der Waals surface area contributed by atoms with Gasteiger partial charge in [-0.15, -0.1) is 11.3 Å². The summed E-state index contributed by atoms with van der Waals surface area (Å²) in [7, 11) is 0. The van der Waals surface area contributed by atoms with Crippen LogP contribution in [0.5, 0.6) is 0 Å². The molecule has 0 aliphatic carbocycles. The second-order valence-corrected chi connectivity index (χ2v) is 12.7. The van der Waals surface area contributed by atoms with E-state index in [9.17, 15) is 0 Å². The topological polar surface area (TPSA) is 4.41 Å². The number of fused-ring (bicyclic) bond motifs is 14. The summed E-state index contributed by atoms with van der Waals surface area (Å²) in [4.78, 5) is 0. The van der Waals surface area contributed by atoms with Crippen molar-refractivity contribution >= 4 is 80.2 Å². The van der Waals surface area contributed by atoms with Gasteiger partial charge in [0.05, 0.1) is 16.7 Å². The maximum atomic E-state index is 2.56. The van der Waals surface area contributed by atoms with Crippen LogP contribution in [0.15, 0.2) is 152 Å². The number of hydrogen-bond acceptors (Lipinski definition) is 1. The van der Waals surface area contributed by atoms with Crippen molar-refractivity contribution in [3.63, 3.8) is 0 Å². The number of aromatic nitrogens is 1. The molecule has 0 bridgehead atoms. The van der Waals surface area contributed by atoms with E-state index in [1.807, 2.05) is 11.3 Å². The van der Waals surface area contributed by atoms with Crippen LogP contribution in [0.2, 0.25) is 0 Å². The summed E-state index contributed by atoms with van der Waals surface area (Å²) < 4.78 is 5.20. The van der Waals surface area contributed by atoms with E-state index in [0.29, 0.717) is 0 Å². The molecule has 0 spiro atoms. The number of pyridine rings is 1. The number of nitrogens with zero attached hydrogens (tertiary/aromatic N) is 1. The van der Waals surface area contributed by atoms with Crippen LogP contribution in [0, 0.1) is 0 Å². The van der Waals surface area contributed by atoms with Gasteiger partial charge in [-0.25, -0.2) is 0 Å². The number of rotatable bonds is 2. The molecule has 7 aromatic carbocycles. The molecular weight excluding hydrogens is 551 g/mol. The van der Waals surface area contributed by atoms with Crippen molar-refractivity contribution < 1.29 is 0 Å². The van der Waals surface area contributed by atoms with Crippen LogP contribution < -0.4 is 0 Å². The molecule has 0 saturated carbocycles. The maximum absolute atomic E-state index is 2.56. The highest BCUT2D eigenvalue weighted by atomic mass is 32.1. The van der Waals surface area contributed by atoms with Crippen LogP contribution >= 0.6 is 11.3 Å². The Kier molecular flexibility index (Phi) is 4.94. The molecule has 3 heterocycles. The zero-order chi connectivity index (χ0) is 28.8. The Hall–Kier alpha value is -5.44. The molecule has 0 unspecified atom stereocenters. The fraction of sp³-hybridized carbons (Fsp3) is 0. The molecule has 0 radical (unpaired) electrons. The van der Waals surface area contributed by atoms with Crippen LogP contribution in [0.3, 0.4) is 0 Å². The van der Waals surface area contributed by atoms with Crippen molar-refractivity contribution in [1.29, 1.82) is 0 Å². The Balaban J connectivity index is 1.58. The van der Waals surface area contributed by atoms with Crippen LogP contribution in [-0.4, -0.2) is 4.40 Å². The van der Waals surface area contributed by atoms with Crippen molar-refractivity contribution in [1.82, 2.24) is 4.40 Å². The second kappa shape index (κ2) is 9.03. The normalized spacial score (nSPS) is 12.1. The fourth-order valence-corrected chi connectivity index (χ4v) is 8.60. The van der Waals surface area contributed by atoms with E-state index >= 15 is 0 Å². The molecule has 0 fully saturated rings. The molecule has 0 saturated heterocycles. The highest BCUT2D eigenvalue weighted by molar-refractivity contribution is 7.25. The molecule has 0 aliphatic rings. The summed E-state index contributed by atoms with van der Waals surface area (Å²) in [6, 6.07) is 55.9. The second-order valence-electron chi connectivity index (χ2n) is 11.7. The van der Waals surface area contributed by atoms with Crippen molar-refractivity contribution in [2.24, 2.45) is 0 Å². The highest BCUT2D eigenvalue weighted by Gasteiger charge is 2.23. The summed E-state index contributed by atoms with van der Waals surface area (Å²) >= 11 is 1.89. The van der Waals surface area contributed by atoms with Gasteiger partial charge in [0.25, 0.3) is 0 Å². The largest absolute Gasteiger partial charge is 0.308 e. The average Bonchev–Trinajstić information content (AvgIpc) is 3.67. The Labute approximate surface area is 257 Å². The Morgan fingerprint density at radius 3 is 1.66 bits per heavy atom. The SMILES string of the molecule is c1ccc(-c2cc(-c3ccccc3)n3c4cc5sc6ccccc6c5cc4c4c5ccccc5c5ccccc5c4c23)cc1. The molecule has 0 aliphatic heterocycles. The van der Waals surface area contributed by atoms with E-state index in [-0.39, 0.29) is 0 Å². The molecule has 1 nitrogen and oxygen atoms in total. The Morgan fingerprint density at radius 2 is 0.955 bits per heavy atom. The minimum absolute atomic E-state index is 1.21. The van der Waals surface area contributed by atoms with Gasteiger partial charge in [0.2, 0.25) is 0 Å². The molecule has 3 aromatic heterocycles. The van der Waals surface area contributed by atoms with E-state index in [1.54, 1.807) is 0 Å². The fourth-order valence-electron chi connectivity index (χ4n) is 7.48. The molecular formula is C42H25NS. The molecule has 2 heteroatoms. The van der Waals surface area contributed by atoms with Crippen LogP contribution in [-0.2, 0) is 0 Å². The first-order valence-corrected chi connectivity index (χ1v) is 15.9. The maximum Gasteiger partial charge on any atom is 0.0626 e. The van der Waals surface area contributed by atoms with E-state index in [2.05, 4.69) is 156 Å². The predicted octanol–water partition coefficient (Wildman–Crippen LogP) is 12.3. The van der Waals surface area contributed by atoms with Crippen molar-refractivity contribution in [3.05, 3.63) is 152 Å². The summed E-state index contributed by atoms with van der Waals surface area (Å²) in [5.41, 5.74) is 7.42. The minimum Gasteiger partial charge on any atom is -0.308 e. The average molecular weight is 576 g/mol. The third-order valence-corrected chi connectivity index (χ3v) is 10.5. The van der Waals surface area contributed by atoms with Gasteiger partial charge in [-0.2, -0.15) is 0 Å². The van der Waals surface area contributed by atoms with Gasteiger partial charge in [-0.05, 0) is 56.9 Å². The first-order chi connectivity index (χ1) is 21.8. The van der Waals surface area contributed by atoms with Crippen molar-refractivity contribution in [3.8, 4) is 22.4 Å². The monoisotopic (exact) mass is 575 g/mol. The lowest BCUT2D eigenvalue weighted by atomic mass is 9.90. The summed E-state index contributed by atoms with van der Waals surface area (Å²) in [5, 5.41) is 11.8. The summed E-state index contributed by atoms with van der Waals surface area (Å²) in [6.07, 6.45) is 0. The first kappa shape index (κ1) is 24.0. The zero-order valence-corrected chi connectivity index (χ0v) is 24.6. The van der Waals surface area contributed by atoms with E-state index in [4.69, 9.17) is 0 Å². The van der Waals surface area contributed by atoms with Gasteiger partial charge >= 0.3 is 0 Å². The highest BCUT2D eigenvalue weighted by Crippen LogP contribution is 2.48. The lowest BCUT2D eigenvalue weighted by Gasteiger charge is -2.18. The van der Waals surface area contributed by atoms with Gasteiger partial charge in [0.15, 0.2) is 0 Å². The van der Waals surface area contributed by atoms with Gasteiger partial charge in [-0.1, -0.05) is 127 Å². The first-order valence-electron chi connectivity index (χ1n) is 15.1. The standard InChI is InChI=1S/C42H25NS/c1-3-13-26(14-4-1)33-24-36(27-15-5-2-6-16-27)43-37-25-39-34(30-19-11-12-22-38(30)44-39)23-35(37)40-31-20-9-7-17-28(31)29-18-8-10-21-32(29)41(40)42(33)43/h1-25H. The lowest BCUT2D eigenvalue weighted by molar-refractivity contribution is 1.29. The quantitative estimate of drug-likeness (QED) is 0.181. The Bertz CT molecular complexity index is 2750. The zero-order valence-electron chi connectivity index (χ0n) is 23.8.